The minimum absolute atomic E-state index is 0.0444. The number of hydrogen-bond acceptors (Lipinski definition) is 14. The number of primary amides is 1. The van der Waals surface area contributed by atoms with Crippen molar-refractivity contribution in [3.05, 3.63) is 29.8 Å². The van der Waals surface area contributed by atoms with Crippen LogP contribution in [0, 0.1) is 17.8 Å². The molecule has 72 heavy (non-hydrogen) atoms. The number of unbranched alkanes of at least 4 members (excludes halogenated alkanes) is 1. The van der Waals surface area contributed by atoms with Crippen LogP contribution in [0.25, 0.3) is 0 Å². The Hall–Kier alpha value is -6.89. The van der Waals surface area contributed by atoms with E-state index in [0.29, 0.717) is 37.8 Å². The predicted molar refractivity (Wildman–Crippen MR) is 262 cm³/mol. The van der Waals surface area contributed by atoms with Gasteiger partial charge in [0.15, 0.2) is 0 Å². The largest absolute Gasteiger partial charge is 0.508 e. The lowest BCUT2D eigenvalue weighted by Gasteiger charge is -2.29. The topological polar surface area (TPSA) is 423 Å². The number of nitrogens with one attached hydrogen (secondary N) is 8. The monoisotopic (exact) mass is 1020 g/mol. The van der Waals surface area contributed by atoms with Gasteiger partial charge in [-0.05, 0) is 81.5 Å². The molecule has 0 spiro atoms. The summed E-state index contributed by atoms with van der Waals surface area (Å²) in [7, 11) is 0. The quantitative estimate of drug-likeness (QED) is 0.0335. The summed E-state index contributed by atoms with van der Waals surface area (Å²) in [5, 5.41) is 48.6. The molecule has 1 aromatic rings. The number of carbonyl (C=O) groups excluding carboxylic acids is 9. The van der Waals surface area contributed by atoms with Gasteiger partial charge in [0.1, 0.15) is 54.1 Å². The van der Waals surface area contributed by atoms with Crippen molar-refractivity contribution in [3.8, 4) is 5.75 Å². The molecule has 0 fully saturated rings. The average Bonchev–Trinajstić information content (AvgIpc) is 3.29. The zero-order valence-electron chi connectivity index (χ0n) is 42.4. The molecule has 1 rings (SSSR count). The van der Waals surface area contributed by atoms with Crippen molar-refractivity contribution in [2.24, 2.45) is 35.0 Å². The Morgan fingerprint density at radius 3 is 1.60 bits per heavy atom. The highest BCUT2D eigenvalue weighted by Crippen LogP contribution is 2.15. The third kappa shape index (κ3) is 22.9. The summed E-state index contributed by atoms with van der Waals surface area (Å²) in [6, 6.07) is -6.73. The van der Waals surface area contributed by atoms with Crippen molar-refractivity contribution in [1.82, 2.24) is 42.5 Å². The Bertz CT molecular complexity index is 2040. The molecule has 0 aliphatic rings. The van der Waals surface area contributed by atoms with Crippen LogP contribution in [0.4, 0.5) is 0 Å². The number of carbonyl (C=O) groups is 11. The van der Waals surface area contributed by atoms with Crippen molar-refractivity contribution in [3.63, 3.8) is 0 Å². The highest BCUT2D eigenvalue weighted by atomic mass is 16.4. The number of hydrogen-bond donors (Lipinski definition) is 14. The fourth-order valence-corrected chi connectivity index (χ4v) is 6.97. The van der Waals surface area contributed by atoms with Crippen LogP contribution in [0.15, 0.2) is 24.3 Å². The highest BCUT2D eigenvalue weighted by Gasteiger charge is 2.36. The second kappa shape index (κ2) is 31.4. The molecule has 0 saturated heterocycles. The molecule has 17 N–H and O–H groups in total. The number of benzene rings is 1. The molecular weight excluding hydrogens is 943 g/mol. The molecule has 9 amide bonds. The van der Waals surface area contributed by atoms with Crippen molar-refractivity contribution < 1.29 is 68.1 Å². The molecule has 1 aromatic carbocycles. The van der Waals surface area contributed by atoms with Gasteiger partial charge < -0.3 is 75.1 Å². The molecule has 0 aliphatic heterocycles. The molecule has 0 radical (unpaired) electrons. The van der Waals surface area contributed by atoms with Crippen LogP contribution < -0.4 is 59.7 Å². The number of amides is 9. The van der Waals surface area contributed by atoms with E-state index in [9.17, 15) is 68.1 Å². The Balaban J connectivity index is 3.52. The van der Waals surface area contributed by atoms with Crippen LogP contribution in [0.5, 0.6) is 5.75 Å². The van der Waals surface area contributed by atoms with Gasteiger partial charge in [-0.3, -0.25) is 52.7 Å². The normalized spacial score (nSPS) is 15.3. The van der Waals surface area contributed by atoms with E-state index in [1.54, 1.807) is 41.5 Å². The van der Waals surface area contributed by atoms with E-state index in [1.807, 2.05) is 0 Å². The van der Waals surface area contributed by atoms with E-state index in [2.05, 4.69) is 42.5 Å². The van der Waals surface area contributed by atoms with Crippen molar-refractivity contribution in [2.75, 3.05) is 6.54 Å². The van der Waals surface area contributed by atoms with Gasteiger partial charge in [-0.1, -0.05) is 66.5 Å². The molecule has 0 heterocycles. The first kappa shape index (κ1) is 63.1. The fourth-order valence-electron chi connectivity index (χ4n) is 6.97. The van der Waals surface area contributed by atoms with Crippen LogP contribution in [0.2, 0.25) is 0 Å². The Kier molecular flexibility index (Phi) is 27.6. The van der Waals surface area contributed by atoms with Crippen LogP contribution in [-0.4, -0.2) is 141 Å². The zero-order chi connectivity index (χ0) is 55.0. The van der Waals surface area contributed by atoms with Gasteiger partial charge in [0.25, 0.3) is 0 Å². The average molecular weight is 1020 g/mol. The maximum atomic E-state index is 14.3. The van der Waals surface area contributed by atoms with Crippen molar-refractivity contribution in [2.45, 2.75) is 168 Å². The molecule has 0 saturated carbocycles. The molecule has 0 unspecified atom stereocenters. The summed E-state index contributed by atoms with van der Waals surface area (Å²) >= 11 is 0. The minimum Gasteiger partial charge on any atom is -0.508 e. The molecule has 0 bridgehead atoms. The predicted octanol–water partition coefficient (Wildman–Crippen LogP) is -2.12. The third-order valence-electron chi connectivity index (χ3n) is 11.5. The molecule has 25 nitrogen and oxygen atoms in total. The number of carboxylic acid groups (broad SMARTS) is 2. The van der Waals surface area contributed by atoms with Crippen molar-refractivity contribution >= 4 is 65.1 Å². The number of aromatic hydroxyl groups is 1. The Labute approximate surface area is 419 Å². The number of phenolic OH excluding ortho intramolecular Hbond substituents is 1. The van der Waals surface area contributed by atoms with E-state index in [0.717, 1.165) is 6.92 Å². The number of rotatable bonds is 33. The third-order valence-corrected chi connectivity index (χ3v) is 11.5. The fraction of sp³-hybridized carbons (Fsp3) is 0.638. The smallest absolute Gasteiger partial charge is 0.325 e. The van der Waals surface area contributed by atoms with Gasteiger partial charge in [-0.2, -0.15) is 0 Å². The van der Waals surface area contributed by atoms with Crippen LogP contribution in [0.1, 0.15) is 112 Å². The lowest BCUT2D eigenvalue weighted by atomic mass is 9.96. The van der Waals surface area contributed by atoms with Gasteiger partial charge in [0.05, 0.1) is 12.5 Å². The van der Waals surface area contributed by atoms with Gasteiger partial charge in [-0.25, -0.2) is 0 Å². The molecule has 0 aromatic heterocycles. The molecule has 0 aliphatic carbocycles. The standard InChI is InChI=1S/C47H77N11O14/c1-9-25(6)38(46(70)51-26(7)39(63)54-34(22-35(50)60)42(66)52-27(8)47(71)72)58-44(68)33(21-28-13-15-29(59)16-14-28)55-41(65)31(17-18-36(61)62)53-43(67)32(20-23(2)3)56-45(69)37(24(4)5)57-40(64)30(49)12-10-11-19-48/h13-16,23-27,30-34,37-38,59H,9-12,17-22,48-49H2,1-8H3,(H2,50,60)(H,51,70)(H,52,66)(H,53,67)(H,54,63)(H,55,65)(H,56,69)(H,57,64)(H,58,68)(H,61,62)(H,71,72)/t25-,26-,27-,30-,31-,32-,33-,34-,37-,38-/m0/s1. The Morgan fingerprint density at radius 2 is 1.07 bits per heavy atom. The van der Waals surface area contributed by atoms with Crippen LogP contribution in [-0.2, 0) is 59.2 Å². The second-order valence-corrected chi connectivity index (χ2v) is 18.6. The van der Waals surface area contributed by atoms with Crippen LogP contribution in [0.3, 0.4) is 0 Å². The first-order chi connectivity index (χ1) is 33.6. The molecular formula is C47H77N11O14. The van der Waals surface area contributed by atoms with Gasteiger partial charge >= 0.3 is 11.9 Å². The van der Waals surface area contributed by atoms with Crippen molar-refractivity contribution in [1.29, 1.82) is 0 Å². The second-order valence-electron chi connectivity index (χ2n) is 18.6. The Morgan fingerprint density at radius 1 is 0.569 bits per heavy atom. The SMILES string of the molecule is CC[C@H](C)[C@H](NC(=O)[C@H](Cc1ccc(O)cc1)NC(=O)[C@H](CCC(=O)O)NC(=O)[C@H](CC(C)C)NC(=O)[C@@H](NC(=O)[C@@H](N)CCCCN)C(C)C)C(=O)N[C@@H](C)C(=O)N[C@@H](CC(N)=O)C(=O)N[C@@H](C)C(=O)O. The summed E-state index contributed by atoms with van der Waals surface area (Å²) < 4.78 is 0. The highest BCUT2D eigenvalue weighted by molar-refractivity contribution is 5.99. The van der Waals surface area contributed by atoms with Gasteiger partial charge in [0, 0.05) is 12.8 Å². The van der Waals surface area contributed by atoms with E-state index in [-0.39, 0.29) is 24.5 Å². The first-order valence-electron chi connectivity index (χ1n) is 24.0. The van der Waals surface area contributed by atoms with E-state index in [4.69, 9.17) is 17.2 Å². The zero-order valence-corrected chi connectivity index (χ0v) is 42.4. The molecule has 10 atom stereocenters. The first-order valence-corrected chi connectivity index (χ1v) is 24.0. The van der Waals surface area contributed by atoms with Gasteiger partial charge in [0.2, 0.25) is 53.2 Å². The maximum Gasteiger partial charge on any atom is 0.325 e. The summed E-state index contributed by atoms with van der Waals surface area (Å²) in [6.45, 7) is 13.0. The number of phenols is 1. The lowest BCUT2D eigenvalue weighted by molar-refractivity contribution is -0.142. The minimum atomic E-state index is -1.62. The van der Waals surface area contributed by atoms with E-state index < -0.39 is 151 Å². The summed E-state index contributed by atoms with van der Waals surface area (Å²) in [5.74, 6) is -12.2. The number of aliphatic carboxylic acids is 2. The van der Waals surface area contributed by atoms with Gasteiger partial charge in [-0.15, -0.1) is 0 Å². The van der Waals surface area contributed by atoms with E-state index >= 15 is 0 Å². The molecule has 25 heteroatoms. The molecule has 404 valence electrons. The maximum absolute atomic E-state index is 14.3. The summed E-state index contributed by atoms with van der Waals surface area (Å²) in [5.41, 5.74) is 17.3. The summed E-state index contributed by atoms with van der Waals surface area (Å²) in [4.78, 5) is 144. The number of carboxylic acids is 2. The van der Waals surface area contributed by atoms with E-state index in [1.165, 1.54) is 31.2 Å². The van der Waals surface area contributed by atoms with Crippen LogP contribution >= 0.6 is 0 Å². The lowest BCUT2D eigenvalue weighted by Crippen LogP contribution is -2.61. The summed E-state index contributed by atoms with van der Waals surface area (Å²) in [6.07, 6.45) is -0.189. The number of nitrogens with two attached hydrogens (primary N) is 3.